The molecule has 6 heteroatoms. The van der Waals surface area contributed by atoms with Crippen molar-refractivity contribution in [2.24, 2.45) is 0 Å². The monoisotopic (exact) mass is 363 g/mol. The van der Waals surface area contributed by atoms with Crippen molar-refractivity contribution in [3.8, 4) is 0 Å². The molecule has 3 aromatic rings. The summed E-state index contributed by atoms with van der Waals surface area (Å²) in [5.41, 5.74) is 2.54. The van der Waals surface area contributed by atoms with E-state index in [1.807, 2.05) is 6.07 Å². The zero-order chi connectivity index (χ0) is 19.2. The van der Waals surface area contributed by atoms with Crippen LogP contribution in [0.15, 0.2) is 66.9 Å². The number of carbonyl (C=O) groups is 2. The number of ketones is 1. The molecule has 1 amide bonds. The summed E-state index contributed by atoms with van der Waals surface area (Å²) in [6.45, 7) is 1.80. The van der Waals surface area contributed by atoms with Crippen LogP contribution >= 0.6 is 0 Å². The van der Waals surface area contributed by atoms with Crippen LogP contribution in [0.25, 0.3) is 0 Å². The number of halogens is 1. The fourth-order valence-corrected chi connectivity index (χ4v) is 2.49. The average Bonchev–Trinajstić information content (AvgIpc) is 2.67. The topological polar surface area (TPSA) is 71.1 Å². The number of amides is 1. The lowest BCUT2D eigenvalue weighted by Gasteiger charge is -2.09. The number of hydrogen-bond donors (Lipinski definition) is 2. The molecule has 136 valence electrons. The standard InChI is InChI=1S/C21H18FN3O2/c1-14(26)16-3-2-4-19(11-16)25-20-12-17(9-10-23-20)21(27)24-13-15-5-7-18(22)8-6-15/h2-12H,13H2,1H3,(H,23,25)(H,24,27). The molecule has 0 atom stereocenters. The van der Waals surface area contributed by atoms with E-state index < -0.39 is 0 Å². The fourth-order valence-electron chi connectivity index (χ4n) is 2.49. The Kier molecular flexibility index (Phi) is 5.56. The van der Waals surface area contributed by atoms with Gasteiger partial charge in [0.2, 0.25) is 0 Å². The van der Waals surface area contributed by atoms with Crippen molar-refractivity contribution in [3.05, 3.63) is 89.4 Å². The minimum absolute atomic E-state index is 0.0273. The SMILES string of the molecule is CC(=O)c1cccc(Nc2cc(C(=O)NCc3ccc(F)cc3)ccn2)c1. The molecule has 3 rings (SSSR count). The number of aromatic nitrogens is 1. The third-order valence-electron chi connectivity index (χ3n) is 3.93. The van der Waals surface area contributed by atoms with Crippen LogP contribution in [0.3, 0.4) is 0 Å². The maximum Gasteiger partial charge on any atom is 0.251 e. The van der Waals surface area contributed by atoms with Gasteiger partial charge in [-0.25, -0.2) is 9.37 Å². The van der Waals surface area contributed by atoms with Crippen LogP contribution < -0.4 is 10.6 Å². The summed E-state index contributed by atoms with van der Waals surface area (Å²) >= 11 is 0. The van der Waals surface area contributed by atoms with Gasteiger partial charge in [0.25, 0.3) is 5.91 Å². The third kappa shape index (κ3) is 4.98. The summed E-state index contributed by atoms with van der Waals surface area (Å²) in [5.74, 6) is -0.114. The molecule has 0 bridgehead atoms. The Morgan fingerprint density at radius 3 is 2.52 bits per heavy atom. The summed E-state index contributed by atoms with van der Waals surface area (Å²) in [7, 11) is 0. The van der Waals surface area contributed by atoms with Crippen LogP contribution in [0.1, 0.15) is 33.2 Å². The van der Waals surface area contributed by atoms with Crippen LogP contribution in [-0.2, 0) is 6.54 Å². The predicted molar refractivity (Wildman–Crippen MR) is 102 cm³/mol. The van der Waals surface area contributed by atoms with E-state index in [9.17, 15) is 14.0 Å². The van der Waals surface area contributed by atoms with Crippen LogP contribution in [0.5, 0.6) is 0 Å². The van der Waals surface area contributed by atoms with E-state index in [-0.39, 0.29) is 17.5 Å². The molecule has 27 heavy (non-hydrogen) atoms. The molecular weight excluding hydrogens is 345 g/mol. The second-order valence-corrected chi connectivity index (χ2v) is 6.00. The molecule has 0 fully saturated rings. The van der Waals surface area contributed by atoms with E-state index in [0.29, 0.717) is 29.2 Å². The number of Topliss-reactive ketones (excluding diaryl/α,β-unsaturated/α-hetero) is 1. The van der Waals surface area contributed by atoms with Gasteiger partial charge in [-0.3, -0.25) is 9.59 Å². The normalized spacial score (nSPS) is 10.3. The zero-order valence-electron chi connectivity index (χ0n) is 14.7. The highest BCUT2D eigenvalue weighted by Crippen LogP contribution is 2.17. The molecule has 0 saturated heterocycles. The largest absolute Gasteiger partial charge is 0.348 e. The molecule has 0 aliphatic heterocycles. The van der Waals surface area contributed by atoms with Crippen molar-refractivity contribution in [3.63, 3.8) is 0 Å². The van der Waals surface area contributed by atoms with E-state index in [1.165, 1.54) is 25.3 Å². The average molecular weight is 363 g/mol. The summed E-state index contributed by atoms with van der Waals surface area (Å²) in [6, 6.07) is 16.2. The highest BCUT2D eigenvalue weighted by molar-refractivity contribution is 5.96. The summed E-state index contributed by atoms with van der Waals surface area (Å²) in [5, 5.41) is 5.88. The zero-order valence-corrected chi connectivity index (χ0v) is 14.7. The second kappa shape index (κ2) is 8.23. The van der Waals surface area contributed by atoms with Gasteiger partial charge in [0, 0.05) is 29.6 Å². The molecule has 2 aromatic carbocycles. The van der Waals surface area contributed by atoms with E-state index in [4.69, 9.17) is 0 Å². The Labute approximate surface area is 156 Å². The first-order valence-corrected chi connectivity index (χ1v) is 8.38. The summed E-state index contributed by atoms with van der Waals surface area (Å²) in [6.07, 6.45) is 1.53. The van der Waals surface area contributed by atoms with Gasteiger partial charge < -0.3 is 10.6 Å². The first kappa shape index (κ1) is 18.3. The number of anilines is 2. The van der Waals surface area contributed by atoms with Gasteiger partial charge >= 0.3 is 0 Å². The van der Waals surface area contributed by atoms with Crippen molar-refractivity contribution in [2.45, 2.75) is 13.5 Å². The van der Waals surface area contributed by atoms with Crippen LogP contribution in [0, 0.1) is 5.82 Å². The van der Waals surface area contributed by atoms with Gasteiger partial charge in [-0.15, -0.1) is 0 Å². The molecule has 2 N–H and O–H groups in total. The number of carbonyl (C=O) groups excluding carboxylic acids is 2. The molecule has 1 heterocycles. The smallest absolute Gasteiger partial charge is 0.251 e. The highest BCUT2D eigenvalue weighted by Gasteiger charge is 2.08. The lowest BCUT2D eigenvalue weighted by molar-refractivity contribution is 0.0950. The van der Waals surface area contributed by atoms with E-state index in [0.717, 1.165) is 5.56 Å². The second-order valence-electron chi connectivity index (χ2n) is 6.00. The molecule has 1 aromatic heterocycles. The Bertz CT molecular complexity index is 971. The highest BCUT2D eigenvalue weighted by atomic mass is 19.1. The molecule has 0 radical (unpaired) electrons. The summed E-state index contributed by atoms with van der Waals surface area (Å²) in [4.78, 5) is 28.0. The van der Waals surface area contributed by atoms with E-state index in [1.54, 1.807) is 42.5 Å². The van der Waals surface area contributed by atoms with Crippen LogP contribution in [-0.4, -0.2) is 16.7 Å². The molecule has 0 aliphatic rings. The Balaban J connectivity index is 1.67. The quantitative estimate of drug-likeness (QED) is 0.647. The Hall–Kier alpha value is -3.54. The Morgan fingerprint density at radius 2 is 1.78 bits per heavy atom. The molecule has 5 nitrogen and oxygen atoms in total. The lowest BCUT2D eigenvalue weighted by atomic mass is 10.1. The maximum absolute atomic E-state index is 12.9. The number of nitrogens with zero attached hydrogens (tertiary/aromatic N) is 1. The minimum Gasteiger partial charge on any atom is -0.348 e. The fraction of sp³-hybridized carbons (Fsp3) is 0.0952. The molecule has 0 spiro atoms. The van der Waals surface area contributed by atoms with Crippen molar-refractivity contribution in [1.82, 2.24) is 10.3 Å². The van der Waals surface area contributed by atoms with Gasteiger partial charge in [-0.05, 0) is 48.9 Å². The van der Waals surface area contributed by atoms with Crippen molar-refractivity contribution >= 4 is 23.2 Å². The number of pyridine rings is 1. The third-order valence-corrected chi connectivity index (χ3v) is 3.93. The first-order valence-electron chi connectivity index (χ1n) is 8.38. The summed E-state index contributed by atoms with van der Waals surface area (Å²) < 4.78 is 12.9. The molecule has 0 aliphatic carbocycles. The van der Waals surface area contributed by atoms with Gasteiger partial charge in [0.1, 0.15) is 11.6 Å². The van der Waals surface area contributed by atoms with Crippen molar-refractivity contribution in [2.75, 3.05) is 5.32 Å². The number of hydrogen-bond acceptors (Lipinski definition) is 4. The maximum atomic E-state index is 12.9. The van der Waals surface area contributed by atoms with Crippen molar-refractivity contribution in [1.29, 1.82) is 0 Å². The molecular formula is C21H18FN3O2. The van der Waals surface area contributed by atoms with Gasteiger partial charge in [0.05, 0.1) is 0 Å². The number of nitrogens with one attached hydrogen (secondary N) is 2. The number of rotatable bonds is 6. The predicted octanol–water partition coefficient (Wildman–Crippen LogP) is 4.10. The number of benzene rings is 2. The van der Waals surface area contributed by atoms with E-state index in [2.05, 4.69) is 15.6 Å². The van der Waals surface area contributed by atoms with Crippen LogP contribution in [0.4, 0.5) is 15.9 Å². The van der Waals surface area contributed by atoms with Gasteiger partial charge in [-0.2, -0.15) is 0 Å². The molecule has 0 saturated carbocycles. The van der Waals surface area contributed by atoms with Crippen LogP contribution in [0.2, 0.25) is 0 Å². The van der Waals surface area contributed by atoms with Gasteiger partial charge in [0.15, 0.2) is 5.78 Å². The van der Waals surface area contributed by atoms with Crippen molar-refractivity contribution < 1.29 is 14.0 Å². The minimum atomic E-state index is -0.316. The Morgan fingerprint density at radius 1 is 1.00 bits per heavy atom. The lowest BCUT2D eigenvalue weighted by Crippen LogP contribution is -2.22. The van der Waals surface area contributed by atoms with E-state index >= 15 is 0 Å². The van der Waals surface area contributed by atoms with Gasteiger partial charge in [-0.1, -0.05) is 24.3 Å². The molecule has 0 unspecified atom stereocenters. The first-order chi connectivity index (χ1) is 13.0.